The zero-order valence-corrected chi connectivity index (χ0v) is 7.16. The normalized spacial score (nSPS) is 20.1. The number of pyridine rings is 1. The Labute approximate surface area is 72.8 Å². The summed E-state index contributed by atoms with van der Waals surface area (Å²) in [5.74, 6) is 0. The Kier molecular flexibility index (Phi) is 1.85. The predicted molar refractivity (Wildman–Crippen MR) is 48.7 cm³/mol. The summed E-state index contributed by atoms with van der Waals surface area (Å²) in [6, 6.07) is 4.07. The number of aromatic nitrogens is 1. The van der Waals surface area contributed by atoms with Gasteiger partial charge in [0.05, 0.1) is 0 Å². The van der Waals surface area contributed by atoms with Crippen LogP contribution >= 0.6 is 0 Å². The van der Waals surface area contributed by atoms with Crippen molar-refractivity contribution < 1.29 is 0 Å². The van der Waals surface area contributed by atoms with Crippen molar-refractivity contribution in [1.82, 2.24) is 4.98 Å². The van der Waals surface area contributed by atoms with E-state index in [1.54, 1.807) is 6.20 Å². The Morgan fingerprint density at radius 2 is 2.33 bits per heavy atom. The minimum absolute atomic E-state index is 0.0863. The Hall–Kier alpha value is -0.890. The molecule has 64 valence electrons. The van der Waals surface area contributed by atoms with Gasteiger partial charge in [-0.1, -0.05) is 6.07 Å². The highest BCUT2D eigenvalue weighted by Crippen LogP contribution is 2.31. The number of hydrogen-bond donors (Lipinski definition) is 1. The smallest absolute Gasteiger partial charge is 0.0300 e. The fourth-order valence-corrected chi connectivity index (χ4v) is 1.72. The number of hydrogen-bond acceptors (Lipinski definition) is 2. The fraction of sp³-hybridized carbons (Fsp3) is 0.500. The van der Waals surface area contributed by atoms with E-state index < -0.39 is 0 Å². The first-order valence-electron chi connectivity index (χ1n) is 4.46. The molecule has 0 amide bonds. The predicted octanol–water partition coefficient (Wildman–Crippen LogP) is 1.51. The van der Waals surface area contributed by atoms with E-state index in [1.165, 1.54) is 24.8 Å². The third-order valence-electron chi connectivity index (χ3n) is 2.63. The van der Waals surface area contributed by atoms with E-state index in [0.29, 0.717) is 0 Å². The zero-order valence-electron chi connectivity index (χ0n) is 7.16. The van der Waals surface area contributed by atoms with Crippen LogP contribution < -0.4 is 5.73 Å². The summed E-state index contributed by atoms with van der Waals surface area (Å²) in [7, 11) is 0. The molecule has 1 saturated carbocycles. The molecule has 1 aliphatic carbocycles. The average Bonchev–Trinajstić information content (AvgIpc) is 2.04. The van der Waals surface area contributed by atoms with Crippen molar-refractivity contribution in [2.75, 3.05) is 0 Å². The van der Waals surface area contributed by atoms with Gasteiger partial charge in [-0.2, -0.15) is 0 Å². The first kappa shape index (κ1) is 7.74. The van der Waals surface area contributed by atoms with E-state index in [4.69, 9.17) is 5.73 Å². The molecular formula is C10H14N2. The average molecular weight is 162 g/mol. The lowest BCUT2D eigenvalue weighted by molar-refractivity contribution is 0.247. The lowest BCUT2D eigenvalue weighted by Crippen LogP contribution is -2.48. The third kappa shape index (κ3) is 1.48. The van der Waals surface area contributed by atoms with Crippen molar-refractivity contribution in [3.05, 3.63) is 30.1 Å². The fourth-order valence-electron chi connectivity index (χ4n) is 1.72. The van der Waals surface area contributed by atoms with Gasteiger partial charge in [0.1, 0.15) is 0 Å². The van der Waals surface area contributed by atoms with Crippen molar-refractivity contribution >= 4 is 0 Å². The van der Waals surface area contributed by atoms with Crippen LogP contribution in [0.25, 0.3) is 0 Å². The minimum Gasteiger partial charge on any atom is -0.325 e. The van der Waals surface area contributed by atoms with Crippen LogP contribution in [0.15, 0.2) is 24.5 Å². The number of nitrogens with zero attached hydrogens (tertiary/aromatic N) is 1. The summed E-state index contributed by atoms with van der Waals surface area (Å²) in [6.07, 6.45) is 8.32. The van der Waals surface area contributed by atoms with Crippen LogP contribution in [0.2, 0.25) is 0 Å². The lowest BCUT2D eigenvalue weighted by Gasteiger charge is -2.38. The van der Waals surface area contributed by atoms with Crippen LogP contribution in [0.1, 0.15) is 24.8 Å². The molecule has 0 saturated heterocycles. The molecular weight excluding hydrogens is 148 g/mol. The molecule has 1 aromatic heterocycles. The number of rotatable bonds is 2. The number of nitrogens with two attached hydrogens (primary N) is 1. The van der Waals surface area contributed by atoms with Gasteiger partial charge in [-0.25, -0.2) is 0 Å². The molecule has 1 aromatic rings. The van der Waals surface area contributed by atoms with Crippen molar-refractivity contribution in [3.63, 3.8) is 0 Å². The summed E-state index contributed by atoms with van der Waals surface area (Å²) in [4.78, 5) is 4.07. The Bertz CT molecular complexity index is 252. The Morgan fingerprint density at radius 1 is 1.50 bits per heavy atom. The minimum atomic E-state index is 0.0863. The highest BCUT2D eigenvalue weighted by molar-refractivity contribution is 5.14. The van der Waals surface area contributed by atoms with Crippen LogP contribution in [0.4, 0.5) is 0 Å². The van der Waals surface area contributed by atoms with Gasteiger partial charge in [0.25, 0.3) is 0 Å². The summed E-state index contributed by atoms with van der Waals surface area (Å²) >= 11 is 0. The molecule has 2 rings (SSSR count). The topological polar surface area (TPSA) is 38.9 Å². The maximum Gasteiger partial charge on any atom is 0.0300 e. The molecule has 2 nitrogen and oxygen atoms in total. The summed E-state index contributed by atoms with van der Waals surface area (Å²) in [5.41, 5.74) is 7.46. The Balaban J connectivity index is 2.04. The lowest BCUT2D eigenvalue weighted by atomic mass is 9.74. The van der Waals surface area contributed by atoms with Crippen LogP contribution in [0.3, 0.4) is 0 Å². The van der Waals surface area contributed by atoms with Gasteiger partial charge in [-0.15, -0.1) is 0 Å². The van der Waals surface area contributed by atoms with Gasteiger partial charge in [-0.3, -0.25) is 4.98 Å². The van der Waals surface area contributed by atoms with Crippen molar-refractivity contribution in [3.8, 4) is 0 Å². The molecule has 2 N–H and O–H groups in total. The van der Waals surface area contributed by atoms with Crippen LogP contribution in [0, 0.1) is 0 Å². The summed E-state index contributed by atoms with van der Waals surface area (Å²) in [5, 5.41) is 0. The van der Waals surface area contributed by atoms with Crippen LogP contribution in [-0.2, 0) is 6.42 Å². The summed E-state index contributed by atoms with van der Waals surface area (Å²) < 4.78 is 0. The second-order valence-corrected chi connectivity index (χ2v) is 3.75. The first-order chi connectivity index (χ1) is 5.79. The van der Waals surface area contributed by atoms with Crippen molar-refractivity contribution in [2.45, 2.75) is 31.2 Å². The SMILES string of the molecule is NC1(Cc2cccnc2)CCC1. The molecule has 1 aliphatic rings. The largest absolute Gasteiger partial charge is 0.325 e. The Morgan fingerprint density at radius 3 is 2.83 bits per heavy atom. The van der Waals surface area contributed by atoms with E-state index in [1.807, 2.05) is 12.3 Å². The van der Waals surface area contributed by atoms with Crippen LogP contribution in [0.5, 0.6) is 0 Å². The molecule has 2 heteroatoms. The molecule has 0 atom stereocenters. The van der Waals surface area contributed by atoms with Gasteiger partial charge in [0.2, 0.25) is 0 Å². The molecule has 12 heavy (non-hydrogen) atoms. The molecule has 1 fully saturated rings. The molecule has 0 unspecified atom stereocenters. The van der Waals surface area contributed by atoms with E-state index >= 15 is 0 Å². The van der Waals surface area contributed by atoms with E-state index in [9.17, 15) is 0 Å². The van der Waals surface area contributed by atoms with Gasteiger partial charge >= 0.3 is 0 Å². The third-order valence-corrected chi connectivity index (χ3v) is 2.63. The molecule has 0 spiro atoms. The van der Waals surface area contributed by atoms with Gasteiger partial charge in [0, 0.05) is 17.9 Å². The van der Waals surface area contributed by atoms with E-state index in [2.05, 4.69) is 11.1 Å². The highest BCUT2D eigenvalue weighted by Gasteiger charge is 2.32. The van der Waals surface area contributed by atoms with Crippen LogP contribution in [-0.4, -0.2) is 10.5 Å². The van der Waals surface area contributed by atoms with Gasteiger partial charge in [-0.05, 0) is 37.3 Å². The molecule has 0 aliphatic heterocycles. The highest BCUT2D eigenvalue weighted by atomic mass is 14.8. The van der Waals surface area contributed by atoms with Gasteiger partial charge < -0.3 is 5.73 Å². The zero-order chi connectivity index (χ0) is 8.44. The molecule has 0 bridgehead atoms. The quantitative estimate of drug-likeness (QED) is 0.715. The molecule has 0 radical (unpaired) electrons. The first-order valence-corrected chi connectivity index (χ1v) is 4.46. The molecule has 1 heterocycles. The second kappa shape index (κ2) is 2.87. The standard InChI is InChI=1S/C10H14N2/c11-10(4-2-5-10)7-9-3-1-6-12-8-9/h1,3,6,8H,2,4-5,7,11H2. The van der Waals surface area contributed by atoms with Crippen molar-refractivity contribution in [1.29, 1.82) is 0 Å². The second-order valence-electron chi connectivity index (χ2n) is 3.75. The van der Waals surface area contributed by atoms with E-state index in [-0.39, 0.29) is 5.54 Å². The van der Waals surface area contributed by atoms with Gasteiger partial charge in [0.15, 0.2) is 0 Å². The maximum absolute atomic E-state index is 6.11. The summed E-state index contributed by atoms with van der Waals surface area (Å²) in [6.45, 7) is 0. The van der Waals surface area contributed by atoms with E-state index in [0.717, 1.165) is 6.42 Å². The van der Waals surface area contributed by atoms with Crippen molar-refractivity contribution in [2.24, 2.45) is 5.73 Å². The monoisotopic (exact) mass is 162 g/mol. The molecule has 0 aromatic carbocycles. The maximum atomic E-state index is 6.11.